The molecule has 0 radical (unpaired) electrons. The molecule has 41 heavy (non-hydrogen) atoms. The van der Waals surface area contributed by atoms with Crippen LogP contribution in [0.1, 0.15) is 32.7 Å². The highest BCUT2D eigenvalue weighted by molar-refractivity contribution is 5.94. The third kappa shape index (κ3) is 5.48. The van der Waals surface area contributed by atoms with Crippen molar-refractivity contribution in [2.75, 3.05) is 33.3 Å². The van der Waals surface area contributed by atoms with Gasteiger partial charge in [0.05, 0.1) is 18.5 Å². The number of benzene rings is 3. The number of nitrogens with zero attached hydrogens (tertiary/aromatic N) is 4. The highest BCUT2D eigenvalue weighted by Gasteiger charge is 2.25. The summed E-state index contributed by atoms with van der Waals surface area (Å²) in [6.07, 6.45) is 2.23. The van der Waals surface area contributed by atoms with Gasteiger partial charge in [0.2, 0.25) is 0 Å². The van der Waals surface area contributed by atoms with Crippen LogP contribution in [0.25, 0.3) is 28.0 Å². The number of ether oxygens (including phenoxy) is 1. The average molecular weight is 545 g/mol. The zero-order chi connectivity index (χ0) is 28.5. The van der Waals surface area contributed by atoms with Crippen LogP contribution in [0.4, 0.5) is 0 Å². The molecule has 0 aliphatic carbocycles. The lowest BCUT2D eigenvalue weighted by Gasteiger charge is -2.34. The van der Waals surface area contributed by atoms with Crippen molar-refractivity contribution in [2.45, 2.75) is 27.3 Å². The van der Waals surface area contributed by atoms with Crippen LogP contribution >= 0.6 is 0 Å². The second-order valence-corrected chi connectivity index (χ2v) is 11.0. The van der Waals surface area contributed by atoms with Crippen molar-refractivity contribution < 1.29 is 9.53 Å². The summed E-state index contributed by atoms with van der Waals surface area (Å²) in [5.41, 5.74) is 10.9. The van der Waals surface area contributed by atoms with Gasteiger partial charge < -0.3 is 14.0 Å². The summed E-state index contributed by atoms with van der Waals surface area (Å²) >= 11 is 0. The second-order valence-electron chi connectivity index (χ2n) is 11.0. The van der Waals surface area contributed by atoms with Crippen LogP contribution in [0, 0.1) is 20.8 Å². The van der Waals surface area contributed by atoms with Gasteiger partial charge >= 0.3 is 0 Å². The number of hydrogen-bond acceptors (Lipinski definition) is 4. The fourth-order valence-corrected chi connectivity index (χ4v) is 5.63. The van der Waals surface area contributed by atoms with Crippen LogP contribution in [0.2, 0.25) is 0 Å². The van der Waals surface area contributed by atoms with E-state index in [1.54, 1.807) is 7.11 Å². The molecule has 6 heteroatoms. The Morgan fingerprint density at radius 1 is 0.805 bits per heavy atom. The summed E-state index contributed by atoms with van der Waals surface area (Å²) in [5, 5.41) is 0. The van der Waals surface area contributed by atoms with E-state index in [2.05, 4.69) is 71.8 Å². The van der Waals surface area contributed by atoms with Gasteiger partial charge in [0, 0.05) is 50.0 Å². The molecule has 1 amide bonds. The largest absolute Gasteiger partial charge is 0.497 e. The molecular weight excluding hydrogens is 508 g/mol. The lowest BCUT2D eigenvalue weighted by molar-refractivity contribution is 0.0627. The molecule has 208 valence electrons. The predicted molar refractivity (Wildman–Crippen MR) is 164 cm³/mol. The molecule has 2 aromatic heterocycles. The Morgan fingerprint density at radius 2 is 1.49 bits per heavy atom. The Hall–Kier alpha value is -4.42. The molecule has 6 nitrogen and oxygen atoms in total. The number of hydrogen-bond donors (Lipinski definition) is 0. The SMILES string of the molecule is COc1ccc(-c2nc3ccc(-c4cc(C)ccc4C)cn3c2CN2CCN(C(=O)c3ccc(C)cc3)CC2)cc1. The van der Waals surface area contributed by atoms with Gasteiger partial charge in [-0.3, -0.25) is 9.69 Å². The van der Waals surface area contributed by atoms with E-state index in [1.807, 2.05) is 48.2 Å². The fourth-order valence-electron chi connectivity index (χ4n) is 5.63. The average Bonchev–Trinajstić information content (AvgIpc) is 3.36. The molecule has 1 aliphatic rings. The van der Waals surface area contributed by atoms with Gasteiger partial charge in [-0.05, 0) is 86.0 Å². The summed E-state index contributed by atoms with van der Waals surface area (Å²) in [6.45, 7) is 10.1. The van der Waals surface area contributed by atoms with Crippen LogP contribution in [-0.4, -0.2) is 58.4 Å². The normalized spacial score (nSPS) is 14.0. The molecule has 0 bridgehead atoms. The minimum atomic E-state index is 0.108. The fraction of sp³-hybridized carbons (Fsp3) is 0.257. The van der Waals surface area contributed by atoms with Crippen LogP contribution in [0.15, 0.2) is 85.1 Å². The molecule has 0 unspecified atom stereocenters. The molecule has 3 aromatic carbocycles. The maximum Gasteiger partial charge on any atom is 0.253 e. The number of carbonyl (C=O) groups excluding carboxylic acids is 1. The highest BCUT2D eigenvalue weighted by atomic mass is 16.5. The summed E-state index contributed by atoms with van der Waals surface area (Å²) in [7, 11) is 1.68. The zero-order valence-corrected chi connectivity index (χ0v) is 24.2. The van der Waals surface area contributed by atoms with Gasteiger partial charge in [-0.2, -0.15) is 0 Å². The van der Waals surface area contributed by atoms with Crippen LogP contribution < -0.4 is 4.74 Å². The number of carbonyl (C=O) groups is 1. The van der Waals surface area contributed by atoms with Crippen molar-refractivity contribution in [3.05, 3.63) is 113 Å². The smallest absolute Gasteiger partial charge is 0.253 e. The quantitative estimate of drug-likeness (QED) is 0.243. The topological polar surface area (TPSA) is 50.1 Å². The molecule has 1 saturated heterocycles. The molecule has 0 atom stereocenters. The van der Waals surface area contributed by atoms with Crippen LogP contribution in [0.5, 0.6) is 5.75 Å². The number of aryl methyl sites for hydroxylation is 3. The number of aromatic nitrogens is 2. The Labute approximate surface area is 241 Å². The van der Waals surface area contributed by atoms with Crippen molar-refractivity contribution >= 4 is 11.6 Å². The standard InChI is InChI=1S/C35H36N4O2/c1-24-6-9-28(10-7-24)35(40)38-19-17-37(18-20-38)23-32-34(27-11-14-30(41-4)15-12-27)36-33-16-13-29(22-39(32)33)31-21-25(2)5-8-26(31)3/h5-16,21-22H,17-20,23H2,1-4H3. The van der Waals surface area contributed by atoms with E-state index in [-0.39, 0.29) is 5.91 Å². The van der Waals surface area contributed by atoms with E-state index in [1.165, 1.54) is 22.3 Å². The molecular formula is C35H36N4O2. The Morgan fingerprint density at radius 3 is 2.20 bits per heavy atom. The summed E-state index contributed by atoms with van der Waals surface area (Å²) < 4.78 is 7.65. The molecule has 0 N–H and O–H groups in total. The van der Waals surface area contributed by atoms with Gasteiger partial charge in [0.15, 0.2) is 0 Å². The number of imidazole rings is 1. The lowest BCUT2D eigenvalue weighted by Crippen LogP contribution is -2.48. The van der Waals surface area contributed by atoms with Gasteiger partial charge in [0.25, 0.3) is 5.91 Å². The molecule has 1 fully saturated rings. The summed E-state index contributed by atoms with van der Waals surface area (Å²) in [5.74, 6) is 0.933. The third-order valence-electron chi connectivity index (χ3n) is 8.12. The van der Waals surface area contributed by atoms with Crippen molar-refractivity contribution in [1.29, 1.82) is 0 Å². The highest BCUT2D eigenvalue weighted by Crippen LogP contribution is 2.31. The molecule has 6 rings (SSSR count). The summed E-state index contributed by atoms with van der Waals surface area (Å²) in [6, 6.07) is 26.9. The molecule has 1 aliphatic heterocycles. The maximum atomic E-state index is 13.1. The monoisotopic (exact) mass is 544 g/mol. The van der Waals surface area contributed by atoms with Crippen molar-refractivity contribution in [1.82, 2.24) is 19.2 Å². The number of methoxy groups -OCH3 is 1. The van der Waals surface area contributed by atoms with Crippen molar-refractivity contribution in [3.8, 4) is 28.1 Å². The van der Waals surface area contributed by atoms with E-state index >= 15 is 0 Å². The molecule has 0 spiro atoms. The van der Waals surface area contributed by atoms with Crippen LogP contribution in [-0.2, 0) is 6.54 Å². The van der Waals surface area contributed by atoms with Gasteiger partial charge in [-0.15, -0.1) is 0 Å². The minimum Gasteiger partial charge on any atom is -0.497 e. The van der Waals surface area contributed by atoms with Crippen molar-refractivity contribution in [3.63, 3.8) is 0 Å². The number of pyridine rings is 1. The third-order valence-corrected chi connectivity index (χ3v) is 8.12. The predicted octanol–water partition coefficient (Wildman–Crippen LogP) is 6.56. The van der Waals surface area contributed by atoms with Gasteiger partial charge in [-0.1, -0.05) is 41.5 Å². The minimum absolute atomic E-state index is 0.108. The van der Waals surface area contributed by atoms with Crippen molar-refractivity contribution in [2.24, 2.45) is 0 Å². The molecule has 3 heterocycles. The number of amides is 1. The number of fused-ring (bicyclic) bond motifs is 1. The second kappa shape index (κ2) is 11.2. The molecule has 0 saturated carbocycles. The Kier molecular flexibility index (Phi) is 7.33. The first-order chi connectivity index (χ1) is 19.9. The maximum absolute atomic E-state index is 13.1. The lowest BCUT2D eigenvalue weighted by atomic mass is 10.00. The zero-order valence-electron chi connectivity index (χ0n) is 24.2. The van der Waals surface area contributed by atoms with E-state index < -0.39 is 0 Å². The Bertz CT molecular complexity index is 1700. The van der Waals surface area contributed by atoms with Gasteiger partial charge in [0.1, 0.15) is 11.4 Å². The van der Waals surface area contributed by atoms with Gasteiger partial charge in [-0.25, -0.2) is 4.98 Å². The van der Waals surface area contributed by atoms with Crippen LogP contribution in [0.3, 0.4) is 0 Å². The van der Waals surface area contributed by atoms with E-state index in [0.29, 0.717) is 13.1 Å². The Balaban J connectivity index is 1.32. The number of piperazine rings is 1. The summed E-state index contributed by atoms with van der Waals surface area (Å²) in [4.78, 5) is 22.6. The first-order valence-electron chi connectivity index (χ1n) is 14.2. The number of rotatable bonds is 6. The first-order valence-corrected chi connectivity index (χ1v) is 14.2. The van der Waals surface area contributed by atoms with E-state index in [4.69, 9.17) is 9.72 Å². The van der Waals surface area contributed by atoms with E-state index in [0.717, 1.165) is 59.1 Å². The first kappa shape index (κ1) is 26.8. The van der Waals surface area contributed by atoms with E-state index in [9.17, 15) is 4.79 Å². The molecule has 5 aromatic rings.